The maximum absolute atomic E-state index is 12.8. The molecule has 0 bridgehead atoms. The number of aromatic nitrogens is 2. The van der Waals surface area contributed by atoms with Gasteiger partial charge in [-0.1, -0.05) is 17.4 Å². The normalized spacial score (nSPS) is 10.3. The van der Waals surface area contributed by atoms with Gasteiger partial charge in [0.15, 0.2) is 0 Å². The van der Waals surface area contributed by atoms with Crippen molar-refractivity contribution >= 4 is 17.0 Å². The number of hydrogen-bond donors (Lipinski definition) is 1. The lowest BCUT2D eigenvalue weighted by Crippen LogP contribution is -1.98. The van der Waals surface area contributed by atoms with Gasteiger partial charge >= 0.3 is 0 Å². The average molecular weight is 223 g/mol. The fourth-order valence-corrected chi connectivity index (χ4v) is 1.83. The molecule has 0 atom stereocenters. The van der Waals surface area contributed by atoms with Gasteiger partial charge in [-0.2, -0.15) is 0 Å². The highest BCUT2D eigenvalue weighted by molar-refractivity contribution is 7.11. The van der Waals surface area contributed by atoms with E-state index in [1.807, 2.05) is 13.0 Å². The number of benzene rings is 1. The first kappa shape index (κ1) is 10.0. The molecule has 15 heavy (non-hydrogen) atoms. The van der Waals surface area contributed by atoms with Crippen LogP contribution in [0.5, 0.6) is 0 Å². The van der Waals surface area contributed by atoms with Crippen molar-refractivity contribution in [3.63, 3.8) is 0 Å². The van der Waals surface area contributed by atoms with Gasteiger partial charge in [-0.05, 0) is 25.1 Å². The van der Waals surface area contributed by atoms with Crippen LogP contribution in [0.4, 0.5) is 10.1 Å². The van der Waals surface area contributed by atoms with Gasteiger partial charge < -0.3 is 5.32 Å². The topological polar surface area (TPSA) is 37.8 Å². The second-order valence-corrected chi connectivity index (χ2v) is 4.34. The first-order valence-electron chi connectivity index (χ1n) is 4.52. The smallest absolute Gasteiger partial charge is 0.136 e. The molecule has 5 heteroatoms. The molecule has 0 fully saturated rings. The van der Waals surface area contributed by atoms with E-state index in [1.54, 1.807) is 6.07 Å². The molecular formula is C10H10FN3S. The minimum absolute atomic E-state index is 0.242. The summed E-state index contributed by atoms with van der Waals surface area (Å²) >= 11 is 1.53. The zero-order valence-corrected chi connectivity index (χ0v) is 9.01. The van der Waals surface area contributed by atoms with Crippen LogP contribution < -0.4 is 5.32 Å². The fraction of sp³-hybridized carbons (Fsp3) is 0.200. The van der Waals surface area contributed by atoms with E-state index >= 15 is 0 Å². The lowest BCUT2D eigenvalue weighted by Gasteiger charge is -2.02. The van der Waals surface area contributed by atoms with E-state index in [1.165, 1.54) is 23.5 Å². The summed E-state index contributed by atoms with van der Waals surface area (Å²) in [5, 5.41) is 12.8. The standard InChI is InChI=1S/C10H10FN3S/c1-7-13-14-10(15-7)6-12-9-4-2-3-8(11)5-9/h2-5,12H,6H2,1H3. The highest BCUT2D eigenvalue weighted by Gasteiger charge is 2.00. The summed E-state index contributed by atoms with van der Waals surface area (Å²) in [4.78, 5) is 0. The van der Waals surface area contributed by atoms with Gasteiger partial charge in [0.05, 0.1) is 6.54 Å². The van der Waals surface area contributed by atoms with E-state index in [0.29, 0.717) is 6.54 Å². The number of aryl methyl sites for hydroxylation is 1. The summed E-state index contributed by atoms with van der Waals surface area (Å²) in [5.41, 5.74) is 0.753. The summed E-state index contributed by atoms with van der Waals surface area (Å²) in [6.07, 6.45) is 0. The Morgan fingerprint density at radius 2 is 2.27 bits per heavy atom. The molecule has 3 nitrogen and oxygen atoms in total. The molecule has 1 N–H and O–H groups in total. The molecular weight excluding hydrogens is 213 g/mol. The SMILES string of the molecule is Cc1nnc(CNc2cccc(F)c2)s1. The van der Waals surface area contributed by atoms with Gasteiger partial charge in [0.25, 0.3) is 0 Å². The summed E-state index contributed by atoms with van der Waals surface area (Å²) < 4.78 is 12.8. The molecule has 1 aromatic heterocycles. The molecule has 0 aliphatic heterocycles. The van der Waals surface area contributed by atoms with Crippen LogP contribution in [0.2, 0.25) is 0 Å². The number of anilines is 1. The van der Waals surface area contributed by atoms with E-state index in [9.17, 15) is 4.39 Å². The van der Waals surface area contributed by atoms with Crippen molar-refractivity contribution in [3.8, 4) is 0 Å². The minimum atomic E-state index is -0.242. The average Bonchev–Trinajstić information content (AvgIpc) is 2.62. The van der Waals surface area contributed by atoms with Crippen molar-refractivity contribution in [2.45, 2.75) is 13.5 Å². The van der Waals surface area contributed by atoms with Gasteiger partial charge in [0, 0.05) is 5.69 Å². The summed E-state index contributed by atoms with van der Waals surface area (Å²) in [5.74, 6) is -0.242. The van der Waals surface area contributed by atoms with Crippen LogP contribution in [-0.4, -0.2) is 10.2 Å². The number of nitrogens with zero attached hydrogens (tertiary/aromatic N) is 2. The molecule has 0 radical (unpaired) electrons. The second-order valence-electron chi connectivity index (χ2n) is 3.08. The molecule has 0 saturated carbocycles. The van der Waals surface area contributed by atoms with Gasteiger partial charge in [0.1, 0.15) is 15.8 Å². The van der Waals surface area contributed by atoms with Gasteiger partial charge in [-0.3, -0.25) is 0 Å². The molecule has 0 aliphatic carbocycles. The number of hydrogen-bond acceptors (Lipinski definition) is 4. The predicted octanol–water partition coefficient (Wildman–Crippen LogP) is 2.60. The lowest BCUT2D eigenvalue weighted by atomic mass is 10.3. The van der Waals surface area contributed by atoms with E-state index in [0.717, 1.165) is 15.7 Å². The number of rotatable bonds is 3. The summed E-state index contributed by atoms with van der Waals surface area (Å²) in [6, 6.07) is 6.36. The Hall–Kier alpha value is -1.49. The first-order valence-corrected chi connectivity index (χ1v) is 5.34. The highest BCUT2D eigenvalue weighted by atomic mass is 32.1. The maximum Gasteiger partial charge on any atom is 0.136 e. The molecule has 1 heterocycles. The molecule has 0 saturated heterocycles. The third-order valence-electron chi connectivity index (χ3n) is 1.84. The van der Waals surface area contributed by atoms with E-state index in [-0.39, 0.29) is 5.82 Å². The van der Waals surface area contributed by atoms with Crippen LogP contribution in [0.15, 0.2) is 24.3 Å². The Morgan fingerprint density at radius 1 is 1.40 bits per heavy atom. The van der Waals surface area contributed by atoms with Crippen molar-refractivity contribution in [1.82, 2.24) is 10.2 Å². The highest BCUT2D eigenvalue weighted by Crippen LogP contribution is 2.13. The molecule has 2 rings (SSSR count). The first-order chi connectivity index (χ1) is 7.24. The summed E-state index contributed by atoms with van der Waals surface area (Å²) in [6.45, 7) is 2.48. The van der Waals surface area contributed by atoms with Crippen LogP contribution in [-0.2, 0) is 6.54 Å². The Kier molecular flexibility index (Phi) is 2.91. The van der Waals surface area contributed by atoms with E-state index in [4.69, 9.17) is 0 Å². The monoisotopic (exact) mass is 223 g/mol. The van der Waals surface area contributed by atoms with Crippen LogP contribution in [0, 0.1) is 12.7 Å². The summed E-state index contributed by atoms with van der Waals surface area (Å²) in [7, 11) is 0. The molecule has 0 spiro atoms. The molecule has 0 aliphatic rings. The molecule has 2 aromatic rings. The molecule has 1 aromatic carbocycles. The van der Waals surface area contributed by atoms with E-state index < -0.39 is 0 Å². The quantitative estimate of drug-likeness (QED) is 0.869. The Morgan fingerprint density at radius 3 is 2.93 bits per heavy atom. The minimum Gasteiger partial charge on any atom is -0.378 e. The zero-order valence-electron chi connectivity index (χ0n) is 8.20. The van der Waals surface area contributed by atoms with Gasteiger partial charge in [-0.15, -0.1) is 10.2 Å². The van der Waals surface area contributed by atoms with Crippen molar-refractivity contribution in [2.24, 2.45) is 0 Å². The Balaban J connectivity index is 1.99. The van der Waals surface area contributed by atoms with Crippen molar-refractivity contribution in [3.05, 3.63) is 40.1 Å². The van der Waals surface area contributed by atoms with Crippen molar-refractivity contribution in [2.75, 3.05) is 5.32 Å². The van der Waals surface area contributed by atoms with Gasteiger partial charge in [-0.25, -0.2) is 4.39 Å². The Labute approximate surface area is 91.0 Å². The zero-order chi connectivity index (χ0) is 10.7. The van der Waals surface area contributed by atoms with Gasteiger partial charge in [0.2, 0.25) is 0 Å². The van der Waals surface area contributed by atoms with Crippen LogP contribution in [0.3, 0.4) is 0 Å². The Bertz CT molecular complexity index is 455. The van der Waals surface area contributed by atoms with E-state index in [2.05, 4.69) is 15.5 Å². The number of halogens is 1. The maximum atomic E-state index is 12.8. The second kappa shape index (κ2) is 4.35. The van der Waals surface area contributed by atoms with Crippen LogP contribution in [0.1, 0.15) is 10.0 Å². The fourth-order valence-electron chi connectivity index (χ4n) is 1.19. The largest absolute Gasteiger partial charge is 0.378 e. The van der Waals surface area contributed by atoms with Crippen molar-refractivity contribution < 1.29 is 4.39 Å². The lowest BCUT2D eigenvalue weighted by molar-refractivity contribution is 0.628. The molecule has 78 valence electrons. The van der Waals surface area contributed by atoms with Crippen LogP contribution >= 0.6 is 11.3 Å². The predicted molar refractivity (Wildman–Crippen MR) is 58.4 cm³/mol. The van der Waals surface area contributed by atoms with Crippen LogP contribution in [0.25, 0.3) is 0 Å². The third-order valence-corrected chi connectivity index (χ3v) is 2.67. The molecule has 0 unspecified atom stereocenters. The molecule has 0 amide bonds. The number of nitrogens with one attached hydrogen (secondary N) is 1. The third kappa shape index (κ3) is 2.73. The van der Waals surface area contributed by atoms with Crippen molar-refractivity contribution in [1.29, 1.82) is 0 Å².